The van der Waals surface area contributed by atoms with E-state index in [9.17, 15) is 9.59 Å². The van der Waals surface area contributed by atoms with Crippen LogP contribution in [0.2, 0.25) is 0 Å². The molecule has 2 rings (SSSR count). The van der Waals surface area contributed by atoms with E-state index in [1.807, 2.05) is 6.26 Å². The van der Waals surface area contributed by atoms with E-state index >= 15 is 0 Å². The lowest BCUT2D eigenvalue weighted by molar-refractivity contribution is -0.123. The Balaban J connectivity index is 2.08. The summed E-state index contributed by atoms with van der Waals surface area (Å²) in [4.78, 5) is 25.7. The number of para-hydroxylation sites is 2. The van der Waals surface area contributed by atoms with Crippen molar-refractivity contribution in [1.82, 2.24) is 0 Å². The number of rotatable bonds is 7. The van der Waals surface area contributed by atoms with Gasteiger partial charge in [-0.25, -0.2) is 4.79 Å². The molecule has 1 unspecified atom stereocenters. The highest BCUT2D eigenvalue weighted by molar-refractivity contribution is 7.98. The number of esters is 1. The number of carbonyl (C=O) groups is 2. The van der Waals surface area contributed by atoms with Crippen molar-refractivity contribution in [3.05, 3.63) is 48.0 Å². The summed E-state index contributed by atoms with van der Waals surface area (Å²) in [5.41, 5.74) is 0.770. The third kappa shape index (κ3) is 4.70. The number of benzene rings is 2. The summed E-state index contributed by atoms with van der Waals surface area (Å²) in [5.74, 6) is -0.160. The lowest BCUT2D eigenvalue weighted by Gasteiger charge is -2.16. The number of thioether (sulfide) groups is 1. The van der Waals surface area contributed by atoms with E-state index < -0.39 is 18.0 Å². The van der Waals surface area contributed by atoms with Gasteiger partial charge in [0.2, 0.25) is 0 Å². The minimum atomic E-state index is -0.989. The van der Waals surface area contributed by atoms with Gasteiger partial charge in [-0.15, -0.1) is 11.8 Å². The van der Waals surface area contributed by atoms with Crippen molar-refractivity contribution in [3.8, 4) is 11.5 Å². The molecular weight excluding hydrogens is 354 g/mol. The Morgan fingerprint density at radius 3 is 2.38 bits per heavy atom. The molecule has 0 radical (unpaired) electrons. The van der Waals surface area contributed by atoms with Crippen LogP contribution in [0.15, 0.2) is 47.4 Å². The number of hydrogen-bond acceptors (Lipinski definition) is 6. The van der Waals surface area contributed by atoms with Gasteiger partial charge in [-0.3, -0.25) is 4.79 Å². The molecule has 0 aliphatic rings. The average Bonchev–Trinajstić information content (AvgIpc) is 2.67. The Morgan fingerprint density at radius 2 is 1.73 bits per heavy atom. The number of nitrogens with one attached hydrogen (secondary N) is 1. The summed E-state index contributed by atoms with van der Waals surface area (Å²) >= 11 is 1.53. The summed E-state index contributed by atoms with van der Waals surface area (Å²) in [7, 11) is 2.99. The standard InChI is InChI=1S/C19H21NO5S/c1-12(18(21)20-15-7-5-6-8-16(15)23-2)25-19(22)14-10-9-13(26-4)11-17(14)24-3/h5-12H,1-4H3,(H,20,21). The molecular formula is C19H21NO5S. The Morgan fingerprint density at radius 1 is 1.04 bits per heavy atom. The minimum absolute atomic E-state index is 0.266. The highest BCUT2D eigenvalue weighted by Gasteiger charge is 2.22. The van der Waals surface area contributed by atoms with Gasteiger partial charge in [0.15, 0.2) is 6.10 Å². The number of ether oxygens (including phenoxy) is 3. The first-order valence-electron chi connectivity index (χ1n) is 7.87. The lowest BCUT2D eigenvalue weighted by Crippen LogP contribution is -2.30. The van der Waals surface area contributed by atoms with Crippen molar-refractivity contribution in [2.75, 3.05) is 25.8 Å². The highest BCUT2D eigenvalue weighted by Crippen LogP contribution is 2.27. The highest BCUT2D eigenvalue weighted by atomic mass is 32.2. The maximum Gasteiger partial charge on any atom is 0.342 e. The van der Waals surface area contributed by atoms with Crippen LogP contribution < -0.4 is 14.8 Å². The van der Waals surface area contributed by atoms with Crippen LogP contribution in [-0.2, 0) is 9.53 Å². The van der Waals surface area contributed by atoms with Crippen LogP contribution >= 0.6 is 11.8 Å². The molecule has 1 amide bonds. The van der Waals surface area contributed by atoms with Gasteiger partial charge < -0.3 is 19.5 Å². The van der Waals surface area contributed by atoms with Crippen molar-refractivity contribution >= 4 is 29.3 Å². The van der Waals surface area contributed by atoms with Gasteiger partial charge in [0.05, 0.1) is 19.9 Å². The molecule has 0 aromatic heterocycles. The number of hydrogen-bond donors (Lipinski definition) is 1. The molecule has 0 aliphatic heterocycles. The van der Waals surface area contributed by atoms with E-state index in [1.165, 1.54) is 32.9 Å². The Hall–Kier alpha value is -2.67. The first-order chi connectivity index (χ1) is 12.5. The van der Waals surface area contributed by atoms with Gasteiger partial charge in [-0.1, -0.05) is 12.1 Å². The zero-order valence-electron chi connectivity index (χ0n) is 15.1. The van der Waals surface area contributed by atoms with Crippen molar-refractivity contribution in [3.63, 3.8) is 0 Å². The molecule has 0 saturated carbocycles. The predicted molar refractivity (Wildman–Crippen MR) is 101 cm³/mol. The van der Waals surface area contributed by atoms with E-state index in [0.717, 1.165) is 4.90 Å². The molecule has 1 N–H and O–H groups in total. The molecule has 0 saturated heterocycles. The van der Waals surface area contributed by atoms with E-state index in [2.05, 4.69) is 5.32 Å². The monoisotopic (exact) mass is 375 g/mol. The third-order valence-electron chi connectivity index (χ3n) is 3.65. The topological polar surface area (TPSA) is 73.9 Å². The molecule has 26 heavy (non-hydrogen) atoms. The number of anilines is 1. The molecule has 7 heteroatoms. The first kappa shape index (κ1) is 19.7. The van der Waals surface area contributed by atoms with Crippen LogP contribution in [-0.4, -0.2) is 38.5 Å². The largest absolute Gasteiger partial charge is 0.496 e. The van der Waals surface area contributed by atoms with E-state index in [4.69, 9.17) is 14.2 Å². The van der Waals surface area contributed by atoms with Crippen LogP contribution in [0.1, 0.15) is 17.3 Å². The smallest absolute Gasteiger partial charge is 0.342 e. The second-order valence-electron chi connectivity index (χ2n) is 5.30. The molecule has 0 heterocycles. The van der Waals surface area contributed by atoms with Crippen LogP contribution in [0.5, 0.6) is 11.5 Å². The van der Waals surface area contributed by atoms with Crippen LogP contribution in [0.4, 0.5) is 5.69 Å². The fourth-order valence-electron chi connectivity index (χ4n) is 2.23. The Kier molecular flexibility index (Phi) is 6.91. The summed E-state index contributed by atoms with van der Waals surface area (Å²) in [5, 5.41) is 2.69. The molecule has 0 aliphatic carbocycles. The van der Waals surface area contributed by atoms with Crippen molar-refractivity contribution in [2.45, 2.75) is 17.9 Å². The molecule has 0 spiro atoms. The Bertz CT molecular complexity index is 793. The second-order valence-corrected chi connectivity index (χ2v) is 6.18. The van der Waals surface area contributed by atoms with Crippen molar-refractivity contribution < 1.29 is 23.8 Å². The SMILES string of the molecule is COc1ccccc1NC(=O)C(C)OC(=O)c1ccc(SC)cc1OC. The summed E-state index contributed by atoms with van der Waals surface area (Å²) in [6.45, 7) is 1.51. The third-order valence-corrected chi connectivity index (χ3v) is 4.37. The van der Waals surface area contributed by atoms with Crippen molar-refractivity contribution in [2.24, 2.45) is 0 Å². The molecule has 1 atom stereocenters. The zero-order chi connectivity index (χ0) is 19.1. The van der Waals surface area contributed by atoms with Crippen molar-refractivity contribution in [1.29, 1.82) is 0 Å². The molecule has 2 aromatic rings. The summed E-state index contributed by atoms with van der Waals surface area (Å²) in [6.07, 6.45) is 0.939. The predicted octanol–water partition coefficient (Wildman–Crippen LogP) is 3.61. The summed E-state index contributed by atoms with van der Waals surface area (Å²) < 4.78 is 15.7. The fraction of sp³-hybridized carbons (Fsp3) is 0.263. The minimum Gasteiger partial charge on any atom is -0.496 e. The fourth-order valence-corrected chi connectivity index (χ4v) is 2.66. The van der Waals surface area contributed by atoms with Gasteiger partial charge in [0, 0.05) is 4.90 Å². The number of methoxy groups -OCH3 is 2. The quantitative estimate of drug-likeness (QED) is 0.589. The number of amides is 1. The maximum absolute atomic E-state index is 12.4. The molecule has 0 bridgehead atoms. The maximum atomic E-state index is 12.4. The number of carbonyl (C=O) groups excluding carboxylic acids is 2. The molecule has 0 fully saturated rings. The van der Waals surface area contributed by atoms with E-state index in [0.29, 0.717) is 17.2 Å². The summed E-state index contributed by atoms with van der Waals surface area (Å²) in [6, 6.07) is 12.2. The second kappa shape index (κ2) is 9.15. The van der Waals surface area contributed by atoms with Crippen LogP contribution in [0, 0.1) is 0 Å². The van der Waals surface area contributed by atoms with Gasteiger partial charge >= 0.3 is 5.97 Å². The normalized spacial score (nSPS) is 11.4. The zero-order valence-corrected chi connectivity index (χ0v) is 15.9. The first-order valence-corrected chi connectivity index (χ1v) is 9.09. The molecule has 2 aromatic carbocycles. The van der Waals surface area contributed by atoms with Gasteiger partial charge in [-0.2, -0.15) is 0 Å². The average molecular weight is 375 g/mol. The Labute approximate surface area is 156 Å². The van der Waals surface area contributed by atoms with Crippen LogP contribution in [0.25, 0.3) is 0 Å². The van der Waals surface area contributed by atoms with E-state index in [-0.39, 0.29) is 5.56 Å². The van der Waals surface area contributed by atoms with E-state index in [1.54, 1.807) is 42.5 Å². The van der Waals surface area contributed by atoms with Crippen LogP contribution in [0.3, 0.4) is 0 Å². The molecule has 138 valence electrons. The lowest BCUT2D eigenvalue weighted by atomic mass is 10.2. The molecule has 6 nitrogen and oxygen atoms in total. The van der Waals surface area contributed by atoms with Gasteiger partial charge in [-0.05, 0) is 43.5 Å². The van der Waals surface area contributed by atoms with Gasteiger partial charge in [0.25, 0.3) is 5.91 Å². The van der Waals surface area contributed by atoms with Gasteiger partial charge in [0.1, 0.15) is 17.1 Å².